The molecular formula is C21H20ClF2N3O3S. The summed E-state index contributed by atoms with van der Waals surface area (Å²) in [6.45, 7) is 0.698. The third-order valence-electron chi connectivity index (χ3n) is 5.22. The van der Waals surface area contributed by atoms with Crippen molar-refractivity contribution in [2.75, 3.05) is 6.54 Å². The number of hydrogen-bond donors (Lipinski definition) is 0. The highest BCUT2D eigenvalue weighted by molar-refractivity contribution is 7.89. The van der Waals surface area contributed by atoms with E-state index >= 15 is 0 Å². The summed E-state index contributed by atoms with van der Waals surface area (Å²) in [5.74, 6) is -1.79. The van der Waals surface area contributed by atoms with Gasteiger partial charge < -0.3 is 4.74 Å². The van der Waals surface area contributed by atoms with Gasteiger partial charge in [-0.05, 0) is 35.9 Å². The Morgan fingerprint density at radius 2 is 1.87 bits per heavy atom. The van der Waals surface area contributed by atoms with Crippen LogP contribution in [0.15, 0.2) is 47.4 Å². The highest BCUT2D eigenvalue weighted by Crippen LogP contribution is 2.29. The number of halogens is 3. The van der Waals surface area contributed by atoms with Crippen LogP contribution in [0.3, 0.4) is 0 Å². The van der Waals surface area contributed by atoms with E-state index in [1.807, 2.05) is 12.1 Å². The minimum Gasteiger partial charge on any atom is -0.370 e. The third kappa shape index (κ3) is 4.50. The standard InChI is InChI=1S/C21H20ClF2N3O3S/c1-26-20-8-9-27(31(28,29)21-10-16(23)6-7-18(21)24)11-17(20)19(25-26)13-30-12-14-2-4-15(22)5-3-14/h2-7,10H,8-9,11-13H2,1H3. The van der Waals surface area contributed by atoms with Crippen molar-refractivity contribution in [3.05, 3.63) is 81.6 Å². The maximum Gasteiger partial charge on any atom is 0.246 e. The van der Waals surface area contributed by atoms with Crippen LogP contribution in [-0.4, -0.2) is 29.0 Å². The number of nitrogens with zero attached hydrogens (tertiary/aromatic N) is 3. The van der Waals surface area contributed by atoms with Crippen molar-refractivity contribution >= 4 is 21.6 Å². The van der Waals surface area contributed by atoms with Crippen LogP contribution >= 0.6 is 11.6 Å². The molecule has 6 nitrogen and oxygen atoms in total. The Labute approximate surface area is 184 Å². The molecule has 4 rings (SSSR count). The Bertz CT molecular complexity index is 1210. The molecular weight excluding hydrogens is 448 g/mol. The van der Waals surface area contributed by atoms with Crippen molar-refractivity contribution < 1.29 is 21.9 Å². The van der Waals surface area contributed by atoms with E-state index in [1.165, 1.54) is 0 Å². The molecule has 0 saturated heterocycles. The molecule has 0 bridgehead atoms. The van der Waals surface area contributed by atoms with Crippen LogP contribution in [0.5, 0.6) is 0 Å². The molecule has 0 fully saturated rings. The van der Waals surface area contributed by atoms with Crippen molar-refractivity contribution in [3.8, 4) is 0 Å². The topological polar surface area (TPSA) is 64.4 Å². The van der Waals surface area contributed by atoms with Crippen molar-refractivity contribution in [2.24, 2.45) is 7.05 Å². The van der Waals surface area contributed by atoms with Crippen LogP contribution in [0.2, 0.25) is 5.02 Å². The molecule has 1 aliphatic rings. The van der Waals surface area contributed by atoms with Crippen molar-refractivity contribution in [2.45, 2.75) is 31.1 Å². The molecule has 0 unspecified atom stereocenters. The Hall–Kier alpha value is -2.33. The summed E-state index contributed by atoms with van der Waals surface area (Å²) < 4.78 is 62.3. The molecule has 3 aromatic rings. The fraction of sp³-hybridized carbons (Fsp3) is 0.286. The first-order chi connectivity index (χ1) is 14.8. The Kier molecular flexibility index (Phi) is 6.11. The molecule has 10 heteroatoms. The van der Waals surface area contributed by atoms with Gasteiger partial charge in [-0.25, -0.2) is 17.2 Å². The summed E-state index contributed by atoms with van der Waals surface area (Å²) in [7, 11) is -2.42. The monoisotopic (exact) mass is 467 g/mol. The highest BCUT2D eigenvalue weighted by atomic mass is 35.5. The van der Waals surface area contributed by atoms with Crippen LogP contribution in [0.25, 0.3) is 0 Å². The predicted octanol–water partition coefficient (Wildman–Crippen LogP) is 3.82. The number of sulfonamides is 1. The quantitative estimate of drug-likeness (QED) is 0.553. The molecule has 0 saturated carbocycles. The lowest BCUT2D eigenvalue weighted by Gasteiger charge is -2.27. The van der Waals surface area contributed by atoms with E-state index in [0.717, 1.165) is 33.3 Å². The first-order valence-electron chi connectivity index (χ1n) is 9.56. The first-order valence-corrected chi connectivity index (χ1v) is 11.4. The average molecular weight is 468 g/mol. The minimum atomic E-state index is -4.21. The fourth-order valence-corrected chi connectivity index (χ4v) is 5.24. The van der Waals surface area contributed by atoms with Gasteiger partial charge in [-0.1, -0.05) is 23.7 Å². The van der Waals surface area contributed by atoms with Crippen LogP contribution < -0.4 is 0 Å². The van der Waals surface area contributed by atoms with Crippen LogP contribution in [0.4, 0.5) is 8.78 Å². The maximum atomic E-state index is 14.1. The molecule has 0 N–H and O–H groups in total. The van der Waals surface area contributed by atoms with Gasteiger partial charge >= 0.3 is 0 Å². The third-order valence-corrected chi connectivity index (χ3v) is 7.33. The molecule has 2 aromatic carbocycles. The first kappa shape index (κ1) is 21.9. The van der Waals surface area contributed by atoms with Crippen LogP contribution in [0.1, 0.15) is 22.5 Å². The highest BCUT2D eigenvalue weighted by Gasteiger charge is 2.33. The number of aromatic nitrogens is 2. The van der Waals surface area contributed by atoms with Gasteiger partial charge in [-0.3, -0.25) is 4.68 Å². The second-order valence-electron chi connectivity index (χ2n) is 7.28. The molecule has 31 heavy (non-hydrogen) atoms. The molecule has 0 radical (unpaired) electrons. The second-order valence-corrected chi connectivity index (χ2v) is 9.62. The summed E-state index contributed by atoms with van der Waals surface area (Å²) >= 11 is 5.89. The van der Waals surface area contributed by atoms with Gasteiger partial charge in [-0.2, -0.15) is 9.40 Å². The summed E-state index contributed by atoms with van der Waals surface area (Å²) in [4.78, 5) is -0.666. The lowest BCUT2D eigenvalue weighted by Crippen LogP contribution is -2.37. The van der Waals surface area contributed by atoms with Gasteiger partial charge in [0.15, 0.2) is 0 Å². The number of ether oxygens (including phenoxy) is 1. The van der Waals surface area contributed by atoms with E-state index in [9.17, 15) is 17.2 Å². The van der Waals surface area contributed by atoms with Gasteiger partial charge in [-0.15, -0.1) is 0 Å². The average Bonchev–Trinajstić information content (AvgIpc) is 3.06. The Morgan fingerprint density at radius 1 is 1.13 bits per heavy atom. The zero-order chi connectivity index (χ0) is 22.2. The van der Waals surface area contributed by atoms with Crippen molar-refractivity contribution in [1.82, 2.24) is 14.1 Å². The predicted molar refractivity (Wildman–Crippen MR) is 111 cm³/mol. The molecule has 1 aliphatic heterocycles. The molecule has 0 amide bonds. The SMILES string of the molecule is Cn1nc(COCc2ccc(Cl)cc2)c2c1CCN(S(=O)(=O)c1cc(F)ccc1F)C2. The zero-order valence-electron chi connectivity index (χ0n) is 16.7. The van der Waals surface area contributed by atoms with Crippen molar-refractivity contribution in [3.63, 3.8) is 0 Å². The second kappa shape index (κ2) is 8.66. The summed E-state index contributed by atoms with van der Waals surface area (Å²) in [6, 6.07) is 9.68. The van der Waals surface area contributed by atoms with E-state index in [-0.39, 0.29) is 19.7 Å². The van der Waals surface area contributed by atoms with Gasteiger partial charge in [0, 0.05) is 42.8 Å². The van der Waals surface area contributed by atoms with E-state index in [0.29, 0.717) is 29.8 Å². The lowest BCUT2D eigenvalue weighted by molar-refractivity contribution is 0.103. The fourth-order valence-electron chi connectivity index (χ4n) is 3.63. The number of benzene rings is 2. The normalized spacial score (nSPS) is 14.6. The maximum absolute atomic E-state index is 14.1. The van der Waals surface area contributed by atoms with Crippen LogP contribution in [0, 0.1) is 11.6 Å². The molecule has 1 aromatic heterocycles. The smallest absolute Gasteiger partial charge is 0.246 e. The minimum absolute atomic E-state index is 0.0150. The molecule has 0 aliphatic carbocycles. The largest absolute Gasteiger partial charge is 0.370 e. The molecule has 0 atom stereocenters. The summed E-state index contributed by atoms with van der Waals surface area (Å²) in [6.07, 6.45) is 0.409. The summed E-state index contributed by atoms with van der Waals surface area (Å²) in [5.41, 5.74) is 3.19. The molecule has 164 valence electrons. The number of aryl methyl sites for hydroxylation is 1. The van der Waals surface area contributed by atoms with Crippen LogP contribution in [-0.2, 0) is 48.0 Å². The Morgan fingerprint density at radius 3 is 2.61 bits per heavy atom. The number of hydrogen-bond acceptors (Lipinski definition) is 4. The lowest BCUT2D eigenvalue weighted by atomic mass is 10.1. The molecule has 0 spiro atoms. The van der Waals surface area contributed by atoms with E-state index in [2.05, 4.69) is 5.10 Å². The Balaban J connectivity index is 1.53. The van der Waals surface area contributed by atoms with Gasteiger partial charge in [0.25, 0.3) is 0 Å². The van der Waals surface area contributed by atoms with Gasteiger partial charge in [0.05, 0.1) is 18.9 Å². The van der Waals surface area contributed by atoms with Crippen molar-refractivity contribution in [1.29, 1.82) is 0 Å². The van der Waals surface area contributed by atoms with E-state index < -0.39 is 26.6 Å². The molecule has 2 heterocycles. The van der Waals surface area contributed by atoms with Gasteiger partial charge in [0.2, 0.25) is 10.0 Å². The number of rotatable bonds is 6. The van der Waals surface area contributed by atoms with E-state index in [1.54, 1.807) is 23.9 Å². The van der Waals surface area contributed by atoms with Gasteiger partial charge in [0.1, 0.15) is 16.5 Å². The summed E-state index contributed by atoms with van der Waals surface area (Å²) in [5, 5.41) is 5.11. The van der Waals surface area contributed by atoms with E-state index in [4.69, 9.17) is 16.3 Å². The number of fused-ring (bicyclic) bond motifs is 1. The zero-order valence-corrected chi connectivity index (χ0v) is 18.3.